The molecule has 2 rings (SSSR count). The Morgan fingerprint density at radius 2 is 2.29 bits per heavy atom. The van der Waals surface area contributed by atoms with Crippen molar-refractivity contribution in [1.29, 1.82) is 0 Å². The molecular formula is C12H14BrFN2O. The van der Waals surface area contributed by atoms with Crippen molar-refractivity contribution in [3.63, 3.8) is 0 Å². The number of rotatable bonds is 3. The van der Waals surface area contributed by atoms with Crippen LogP contribution in [0.5, 0.6) is 0 Å². The van der Waals surface area contributed by atoms with Crippen LogP contribution in [0, 0.1) is 17.7 Å². The molecule has 0 bridgehead atoms. The number of hydrogen-bond acceptors (Lipinski definition) is 2. The van der Waals surface area contributed by atoms with Gasteiger partial charge in [-0.05, 0) is 53.1 Å². The molecule has 2 N–H and O–H groups in total. The number of nitrogens with one attached hydrogen (secondary N) is 2. The van der Waals surface area contributed by atoms with Gasteiger partial charge in [-0.15, -0.1) is 0 Å². The molecule has 1 unspecified atom stereocenters. The van der Waals surface area contributed by atoms with Gasteiger partial charge in [0.25, 0.3) is 0 Å². The Morgan fingerprint density at radius 1 is 1.59 bits per heavy atom. The fraction of sp³-hybridized carbons (Fsp3) is 0.417. The van der Waals surface area contributed by atoms with E-state index in [1.54, 1.807) is 12.1 Å². The van der Waals surface area contributed by atoms with Gasteiger partial charge in [0, 0.05) is 11.6 Å². The molecule has 0 radical (unpaired) electrons. The molecule has 1 aliphatic heterocycles. The number of carbonyl (C=O) groups excluding carboxylic acids is 1. The molecule has 1 aliphatic rings. The van der Waals surface area contributed by atoms with Crippen molar-refractivity contribution < 1.29 is 9.18 Å². The highest BCUT2D eigenvalue weighted by molar-refractivity contribution is 9.10. The predicted octanol–water partition coefficient (Wildman–Crippen LogP) is 2.38. The van der Waals surface area contributed by atoms with E-state index >= 15 is 0 Å². The van der Waals surface area contributed by atoms with Gasteiger partial charge in [-0.3, -0.25) is 4.79 Å². The zero-order valence-corrected chi connectivity index (χ0v) is 11.1. The fourth-order valence-corrected chi connectivity index (χ4v) is 1.96. The summed E-state index contributed by atoms with van der Waals surface area (Å²) in [6.07, 6.45) is 0. The molecule has 1 fully saturated rings. The molecule has 1 heterocycles. The first kappa shape index (κ1) is 12.5. The van der Waals surface area contributed by atoms with Gasteiger partial charge in [0.1, 0.15) is 5.82 Å². The van der Waals surface area contributed by atoms with Crippen molar-refractivity contribution in [2.45, 2.75) is 6.92 Å². The van der Waals surface area contributed by atoms with Crippen LogP contribution in [-0.2, 0) is 4.79 Å². The summed E-state index contributed by atoms with van der Waals surface area (Å²) in [4.78, 5) is 11.9. The van der Waals surface area contributed by atoms with Crippen molar-refractivity contribution in [2.75, 3.05) is 18.4 Å². The second-order valence-electron chi connectivity index (χ2n) is 4.33. The topological polar surface area (TPSA) is 41.1 Å². The number of benzene rings is 1. The van der Waals surface area contributed by atoms with Crippen LogP contribution < -0.4 is 10.6 Å². The highest BCUT2D eigenvalue weighted by atomic mass is 79.9. The van der Waals surface area contributed by atoms with Gasteiger partial charge >= 0.3 is 0 Å². The third-order valence-corrected chi connectivity index (χ3v) is 3.76. The Hall–Kier alpha value is -0.940. The number of hydrogen-bond donors (Lipinski definition) is 2. The summed E-state index contributed by atoms with van der Waals surface area (Å²) in [5.74, 6) is -0.0998. The van der Waals surface area contributed by atoms with Crippen LogP contribution in [0.15, 0.2) is 22.7 Å². The number of carbonyl (C=O) groups is 1. The second-order valence-corrected chi connectivity index (χ2v) is 5.18. The maximum absolute atomic E-state index is 13.3. The maximum atomic E-state index is 13.3. The molecule has 1 aromatic rings. The van der Waals surface area contributed by atoms with E-state index in [4.69, 9.17) is 0 Å². The SMILES string of the molecule is CC(C(=O)Nc1ccc(Br)c(F)c1)C1CNC1. The first-order chi connectivity index (χ1) is 8.08. The van der Waals surface area contributed by atoms with Crippen LogP contribution in [0.3, 0.4) is 0 Å². The van der Waals surface area contributed by atoms with E-state index in [2.05, 4.69) is 26.6 Å². The van der Waals surface area contributed by atoms with Crippen LogP contribution in [-0.4, -0.2) is 19.0 Å². The van der Waals surface area contributed by atoms with Gasteiger partial charge in [-0.2, -0.15) is 0 Å². The standard InChI is InChI=1S/C12H14BrFN2O/c1-7(8-5-15-6-8)12(17)16-9-2-3-10(13)11(14)4-9/h2-4,7-8,15H,5-6H2,1H3,(H,16,17). The highest BCUT2D eigenvalue weighted by Gasteiger charge is 2.28. The van der Waals surface area contributed by atoms with Crippen molar-refractivity contribution >= 4 is 27.5 Å². The first-order valence-corrected chi connectivity index (χ1v) is 6.34. The lowest BCUT2D eigenvalue weighted by atomic mass is 9.88. The minimum atomic E-state index is -0.374. The van der Waals surface area contributed by atoms with Gasteiger partial charge in [0.15, 0.2) is 0 Å². The van der Waals surface area contributed by atoms with E-state index in [1.807, 2.05) is 6.92 Å². The first-order valence-electron chi connectivity index (χ1n) is 5.54. The Labute approximate surface area is 108 Å². The van der Waals surface area contributed by atoms with Crippen LogP contribution in [0.4, 0.5) is 10.1 Å². The fourth-order valence-electron chi connectivity index (χ4n) is 1.71. The third-order valence-electron chi connectivity index (χ3n) is 3.12. The summed E-state index contributed by atoms with van der Waals surface area (Å²) in [7, 11) is 0. The van der Waals surface area contributed by atoms with Crippen molar-refractivity contribution in [3.8, 4) is 0 Å². The van der Waals surface area contributed by atoms with Crippen LogP contribution in [0.2, 0.25) is 0 Å². The van der Waals surface area contributed by atoms with E-state index in [0.717, 1.165) is 13.1 Å². The average molecular weight is 301 g/mol. The van der Waals surface area contributed by atoms with Crippen LogP contribution in [0.1, 0.15) is 6.92 Å². The van der Waals surface area contributed by atoms with E-state index < -0.39 is 0 Å². The zero-order chi connectivity index (χ0) is 12.4. The van der Waals surface area contributed by atoms with Crippen molar-refractivity contribution in [3.05, 3.63) is 28.5 Å². The van der Waals surface area contributed by atoms with Crippen LogP contribution in [0.25, 0.3) is 0 Å². The Kier molecular flexibility index (Phi) is 3.79. The molecule has 1 aromatic carbocycles. The van der Waals surface area contributed by atoms with E-state index in [9.17, 15) is 9.18 Å². The van der Waals surface area contributed by atoms with Gasteiger partial charge in [0.2, 0.25) is 5.91 Å². The molecule has 1 saturated heterocycles. The second kappa shape index (κ2) is 5.14. The third kappa shape index (κ3) is 2.84. The minimum absolute atomic E-state index is 0.0528. The molecule has 0 aromatic heterocycles. The number of halogens is 2. The summed E-state index contributed by atoms with van der Waals surface area (Å²) in [6, 6.07) is 4.57. The molecule has 0 spiro atoms. The molecule has 5 heteroatoms. The number of anilines is 1. The molecule has 3 nitrogen and oxygen atoms in total. The quantitative estimate of drug-likeness (QED) is 0.900. The molecule has 0 aliphatic carbocycles. The van der Waals surface area contributed by atoms with E-state index in [1.165, 1.54) is 6.07 Å². The summed E-state index contributed by atoms with van der Waals surface area (Å²) in [5.41, 5.74) is 0.495. The predicted molar refractivity (Wildman–Crippen MR) is 68.3 cm³/mol. The zero-order valence-electron chi connectivity index (χ0n) is 9.47. The lowest BCUT2D eigenvalue weighted by molar-refractivity contribution is -0.121. The summed E-state index contributed by atoms with van der Waals surface area (Å²) in [6.45, 7) is 3.66. The van der Waals surface area contributed by atoms with Crippen molar-refractivity contribution in [1.82, 2.24) is 5.32 Å². The van der Waals surface area contributed by atoms with Gasteiger partial charge in [-0.25, -0.2) is 4.39 Å². The lowest BCUT2D eigenvalue weighted by Gasteiger charge is -2.31. The Morgan fingerprint density at radius 3 is 2.82 bits per heavy atom. The lowest BCUT2D eigenvalue weighted by Crippen LogP contribution is -2.48. The van der Waals surface area contributed by atoms with Crippen LogP contribution >= 0.6 is 15.9 Å². The van der Waals surface area contributed by atoms with E-state index in [-0.39, 0.29) is 17.6 Å². The molecular weight excluding hydrogens is 287 g/mol. The Bertz CT molecular complexity index is 435. The van der Waals surface area contributed by atoms with Gasteiger partial charge in [-0.1, -0.05) is 6.92 Å². The average Bonchev–Trinajstić information content (AvgIpc) is 2.21. The largest absolute Gasteiger partial charge is 0.326 e. The number of amides is 1. The minimum Gasteiger partial charge on any atom is -0.326 e. The molecule has 17 heavy (non-hydrogen) atoms. The molecule has 0 saturated carbocycles. The summed E-state index contributed by atoms with van der Waals surface area (Å²) < 4.78 is 13.7. The van der Waals surface area contributed by atoms with Gasteiger partial charge in [0.05, 0.1) is 4.47 Å². The van der Waals surface area contributed by atoms with E-state index in [0.29, 0.717) is 16.1 Å². The molecule has 92 valence electrons. The van der Waals surface area contributed by atoms with Crippen molar-refractivity contribution in [2.24, 2.45) is 11.8 Å². The normalized spacial score (nSPS) is 17.4. The summed E-state index contributed by atoms with van der Waals surface area (Å²) >= 11 is 3.07. The summed E-state index contributed by atoms with van der Waals surface area (Å²) in [5, 5.41) is 5.86. The maximum Gasteiger partial charge on any atom is 0.227 e. The highest BCUT2D eigenvalue weighted by Crippen LogP contribution is 2.21. The molecule has 1 amide bonds. The molecule has 1 atom stereocenters. The Balaban J connectivity index is 1.99. The van der Waals surface area contributed by atoms with Gasteiger partial charge < -0.3 is 10.6 Å². The smallest absolute Gasteiger partial charge is 0.227 e. The monoisotopic (exact) mass is 300 g/mol.